The van der Waals surface area contributed by atoms with Crippen LogP contribution in [-0.4, -0.2) is 23.5 Å². The second-order valence-electron chi connectivity index (χ2n) is 5.67. The molecule has 0 fully saturated rings. The zero-order chi connectivity index (χ0) is 15.9. The minimum absolute atomic E-state index is 0. The fraction of sp³-hybridized carbons (Fsp3) is 0.412. The van der Waals surface area contributed by atoms with Gasteiger partial charge < -0.3 is 11.1 Å². The van der Waals surface area contributed by atoms with Crippen molar-refractivity contribution in [1.29, 1.82) is 0 Å². The van der Waals surface area contributed by atoms with Gasteiger partial charge in [0.25, 0.3) is 0 Å². The molecule has 1 amide bonds. The van der Waals surface area contributed by atoms with E-state index in [0.717, 1.165) is 22.7 Å². The number of nitrogens with two attached hydrogens (primary N) is 1. The van der Waals surface area contributed by atoms with Crippen LogP contribution in [0.5, 0.6) is 0 Å². The molecule has 0 saturated heterocycles. The van der Waals surface area contributed by atoms with Crippen LogP contribution in [0.15, 0.2) is 35.7 Å². The molecule has 134 valence electrons. The molecule has 0 spiro atoms. The van der Waals surface area contributed by atoms with Crippen LogP contribution in [0.4, 0.5) is 0 Å². The molecule has 4 nitrogen and oxygen atoms in total. The van der Waals surface area contributed by atoms with Crippen molar-refractivity contribution in [2.75, 3.05) is 6.54 Å². The normalized spacial score (nSPS) is 11.3. The van der Waals surface area contributed by atoms with Crippen LogP contribution >= 0.6 is 36.2 Å². The van der Waals surface area contributed by atoms with Crippen LogP contribution in [0.2, 0.25) is 0 Å². The first-order valence-electron chi connectivity index (χ1n) is 7.57. The highest BCUT2D eigenvalue weighted by atomic mass is 35.5. The number of hydrogen-bond donors (Lipinski definition) is 2. The van der Waals surface area contributed by atoms with Crippen molar-refractivity contribution in [1.82, 2.24) is 10.3 Å². The number of carbonyl (C=O) groups excluding carboxylic acids is 1. The van der Waals surface area contributed by atoms with Crippen molar-refractivity contribution in [3.8, 4) is 0 Å². The topological polar surface area (TPSA) is 68.0 Å². The second kappa shape index (κ2) is 11.4. The molecular formula is C17H25Cl2N3OS. The molecule has 0 saturated carbocycles. The fourth-order valence-corrected chi connectivity index (χ4v) is 2.98. The van der Waals surface area contributed by atoms with Gasteiger partial charge in [-0.15, -0.1) is 36.2 Å². The lowest BCUT2D eigenvalue weighted by Gasteiger charge is -2.12. The van der Waals surface area contributed by atoms with Crippen molar-refractivity contribution < 1.29 is 4.79 Å². The Kier molecular flexibility index (Phi) is 10.9. The maximum atomic E-state index is 12.0. The van der Waals surface area contributed by atoms with Gasteiger partial charge in [-0.05, 0) is 12.0 Å². The largest absolute Gasteiger partial charge is 0.354 e. The number of rotatable bonds is 7. The van der Waals surface area contributed by atoms with E-state index >= 15 is 0 Å². The molecule has 1 aromatic heterocycles. The summed E-state index contributed by atoms with van der Waals surface area (Å²) in [5.41, 5.74) is 8.06. The minimum atomic E-state index is -0.510. The summed E-state index contributed by atoms with van der Waals surface area (Å²) in [6.07, 6.45) is 1.30. The van der Waals surface area contributed by atoms with Gasteiger partial charge in [-0.2, -0.15) is 0 Å². The third-order valence-corrected chi connectivity index (χ3v) is 4.57. The molecule has 24 heavy (non-hydrogen) atoms. The highest BCUT2D eigenvalue weighted by Gasteiger charge is 2.13. The molecule has 1 unspecified atom stereocenters. The lowest BCUT2D eigenvalue weighted by molar-refractivity contribution is -0.122. The predicted molar refractivity (Wildman–Crippen MR) is 106 cm³/mol. The number of thiazole rings is 1. The minimum Gasteiger partial charge on any atom is -0.354 e. The van der Waals surface area contributed by atoms with E-state index in [1.54, 1.807) is 11.3 Å². The molecule has 1 atom stereocenters. The predicted octanol–water partition coefficient (Wildman–Crippen LogP) is 3.34. The molecule has 0 radical (unpaired) electrons. The van der Waals surface area contributed by atoms with Crippen molar-refractivity contribution in [2.24, 2.45) is 5.73 Å². The molecule has 2 aromatic rings. The SMILES string of the molecule is CC(C)c1nc(CCNC(=O)C(N)Cc2ccccc2)cs1.Cl.Cl. The molecule has 3 N–H and O–H groups in total. The monoisotopic (exact) mass is 389 g/mol. The zero-order valence-electron chi connectivity index (χ0n) is 13.9. The standard InChI is InChI=1S/C17H23N3OS.2ClH/c1-12(2)17-20-14(11-22-17)8-9-19-16(21)15(18)10-13-6-4-3-5-7-13;;/h3-7,11-12,15H,8-10,18H2,1-2H3,(H,19,21);2*1H. The number of nitrogens with one attached hydrogen (secondary N) is 1. The van der Waals surface area contributed by atoms with E-state index in [4.69, 9.17) is 5.73 Å². The number of benzene rings is 1. The van der Waals surface area contributed by atoms with Crippen LogP contribution in [0.1, 0.15) is 36.0 Å². The van der Waals surface area contributed by atoms with Gasteiger partial charge in [0.1, 0.15) is 0 Å². The van der Waals surface area contributed by atoms with Gasteiger partial charge in [-0.1, -0.05) is 44.2 Å². The Balaban J connectivity index is 0.00000264. The highest BCUT2D eigenvalue weighted by molar-refractivity contribution is 7.09. The summed E-state index contributed by atoms with van der Waals surface area (Å²) < 4.78 is 0. The first-order chi connectivity index (χ1) is 10.6. The second-order valence-corrected chi connectivity index (χ2v) is 6.56. The number of carbonyl (C=O) groups is 1. The first kappa shape index (κ1) is 22.9. The smallest absolute Gasteiger partial charge is 0.237 e. The lowest BCUT2D eigenvalue weighted by atomic mass is 10.1. The van der Waals surface area contributed by atoms with Crippen molar-refractivity contribution in [2.45, 2.75) is 38.6 Å². The molecule has 0 aliphatic carbocycles. The Bertz CT molecular complexity index is 605. The number of amides is 1. The fourth-order valence-electron chi connectivity index (χ4n) is 2.11. The average molecular weight is 390 g/mol. The van der Waals surface area contributed by atoms with Crippen LogP contribution in [0, 0.1) is 0 Å². The van der Waals surface area contributed by atoms with E-state index in [9.17, 15) is 4.79 Å². The molecule has 1 aromatic carbocycles. The summed E-state index contributed by atoms with van der Waals surface area (Å²) in [5, 5.41) is 6.09. The molecule has 7 heteroatoms. The number of nitrogens with zero attached hydrogens (tertiary/aromatic N) is 1. The van der Waals surface area contributed by atoms with Crippen LogP contribution in [0.3, 0.4) is 0 Å². The zero-order valence-corrected chi connectivity index (χ0v) is 16.3. The maximum Gasteiger partial charge on any atom is 0.237 e. The van der Waals surface area contributed by atoms with E-state index in [-0.39, 0.29) is 30.7 Å². The summed E-state index contributed by atoms with van der Waals surface area (Å²) in [5.74, 6) is 0.343. The van der Waals surface area contributed by atoms with E-state index in [2.05, 4.69) is 29.5 Å². The average Bonchev–Trinajstić information content (AvgIpc) is 2.97. The molecular weight excluding hydrogens is 365 g/mol. The summed E-state index contributed by atoms with van der Waals surface area (Å²) in [7, 11) is 0. The highest BCUT2D eigenvalue weighted by Crippen LogP contribution is 2.19. The Labute approximate surface area is 160 Å². The van der Waals surface area contributed by atoms with E-state index in [1.165, 1.54) is 0 Å². The summed E-state index contributed by atoms with van der Waals surface area (Å²) in [4.78, 5) is 16.6. The Morgan fingerprint density at radius 2 is 1.92 bits per heavy atom. The maximum absolute atomic E-state index is 12.0. The summed E-state index contributed by atoms with van der Waals surface area (Å²) in [6, 6.07) is 9.31. The molecule has 0 aliphatic rings. The van der Waals surface area contributed by atoms with Gasteiger partial charge in [0.05, 0.1) is 16.7 Å². The summed E-state index contributed by atoms with van der Waals surface area (Å²) >= 11 is 1.68. The molecule has 2 rings (SSSR count). The van der Waals surface area contributed by atoms with Gasteiger partial charge in [-0.3, -0.25) is 4.79 Å². The third-order valence-electron chi connectivity index (χ3n) is 3.38. The Morgan fingerprint density at radius 1 is 1.25 bits per heavy atom. The van der Waals surface area contributed by atoms with Gasteiger partial charge >= 0.3 is 0 Å². The Hall–Kier alpha value is -1.14. The van der Waals surface area contributed by atoms with E-state index in [1.807, 2.05) is 30.3 Å². The number of hydrogen-bond acceptors (Lipinski definition) is 4. The van der Waals surface area contributed by atoms with Gasteiger partial charge in [0.2, 0.25) is 5.91 Å². The first-order valence-corrected chi connectivity index (χ1v) is 8.45. The van der Waals surface area contributed by atoms with Crippen molar-refractivity contribution >= 4 is 42.1 Å². The van der Waals surface area contributed by atoms with Crippen molar-refractivity contribution in [3.05, 3.63) is 52.0 Å². The Morgan fingerprint density at radius 3 is 2.50 bits per heavy atom. The van der Waals surface area contributed by atoms with Gasteiger partial charge in [-0.25, -0.2) is 4.98 Å². The molecule has 0 aliphatic heterocycles. The lowest BCUT2D eigenvalue weighted by Crippen LogP contribution is -2.42. The van der Waals surface area contributed by atoms with Crippen LogP contribution in [-0.2, 0) is 17.6 Å². The van der Waals surface area contributed by atoms with Gasteiger partial charge in [0.15, 0.2) is 0 Å². The third kappa shape index (κ3) is 7.18. The van der Waals surface area contributed by atoms with E-state index < -0.39 is 6.04 Å². The summed E-state index contributed by atoms with van der Waals surface area (Å²) in [6.45, 7) is 4.84. The van der Waals surface area contributed by atoms with E-state index in [0.29, 0.717) is 18.9 Å². The number of halogens is 2. The molecule has 0 bridgehead atoms. The van der Waals surface area contributed by atoms with Crippen LogP contribution in [0.25, 0.3) is 0 Å². The van der Waals surface area contributed by atoms with Crippen molar-refractivity contribution in [3.63, 3.8) is 0 Å². The quantitative estimate of drug-likeness (QED) is 0.762. The molecule has 1 heterocycles. The van der Waals surface area contributed by atoms with Crippen LogP contribution < -0.4 is 11.1 Å². The van der Waals surface area contributed by atoms with Gasteiger partial charge in [0, 0.05) is 24.3 Å². The number of aromatic nitrogens is 1.